The Morgan fingerprint density at radius 2 is 1.89 bits per heavy atom. The van der Waals surface area contributed by atoms with E-state index in [0.717, 1.165) is 37.6 Å². The molecule has 0 atom stereocenters. The molecule has 0 unspecified atom stereocenters. The molecule has 1 fully saturated rings. The normalized spacial score (nSPS) is 18.1. The van der Waals surface area contributed by atoms with Gasteiger partial charge in [-0.05, 0) is 12.8 Å². The van der Waals surface area contributed by atoms with Crippen LogP contribution in [0.1, 0.15) is 39.4 Å². The molecule has 0 amide bonds. The first-order chi connectivity index (χ1) is 8.36. The fourth-order valence-electron chi connectivity index (χ4n) is 2.04. The average Bonchev–Trinajstić information content (AvgIpc) is 2.28. The number of nitrogens with two attached hydrogens (primary N) is 1. The van der Waals surface area contributed by atoms with Crippen LogP contribution in [0.15, 0.2) is 6.07 Å². The van der Waals surface area contributed by atoms with Crippen LogP contribution in [-0.2, 0) is 5.41 Å². The summed E-state index contributed by atoms with van der Waals surface area (Å²) >= 11 is 0. The van der Waals surface area contributed by atoms with E-state index in [1.165, 1.54) is 0 Å². The Bertz CT molecular complexity index is 419. The summed E-state index contributed by atoms with van der Waals surface area (Å²) in [6.45, 7) is 7.87. The highest BCUT2D eigenvalue weighted by molar-refractivity contribution is 5.47. The van der Waals surface area contributed by atoms with Crippen LogP contribution >= 0.6 is 0 Å². The van der Waals surface area contributed by atoms with Crippen molar-refractivity contribution in [2.24, 2.45) is 0 Å². The van der Waals surface area contributed by atoms with Gasteiger partial charge in [-0.3, -0.25) is 0 Å². The Labute approximate surface area is 108 Å². The van der Waals surface area contributed by atoms with Crippen LogP contribution in [0.3, 0.4) is 0 Å². The molecule has 0 aliphatic carbocycles. The minimum absolute atomic E-state index is 0.112. The highest BCUT2D eigenvalue weighted by atomic mass is 16.3. The van der Waals surface area contributed by atoms with Gasteiger partial charge in [0, 0.05) is 24.6 Å². The lowest BCUT2D eigenvalue weighted by Crippen LogP contribution is -2.36. The van der Waals surface area contributed by atoms with Crippen molar-refractivity contribution in [2.75, 3.05) is 23.7 Å². The van der Waals surface area contributed by atoms with Gasteiger partial charge < -0.3 is 15.7 Å². The highest BCUT2D eigenvalue weighted by Crippen LogP contribution is 2.24. The Morgan fingerprint density at radius 3 is 2.44 bits per heavy atom. The lowest BCUT2D eigenvalue weighted by atomic mass is 9.95. The van der Waals surface area contributed by atoms with Crippen LogP contribution in [0, 0.1) is 0 Å². The number of anilines is 2. The largest absolute Gasteiger partial charge is 0.393 e. The van der Waals surface area contributed by atoms with E-state index in [2.05, 4.69) is 35.6 Å². The van der Waals surface area contributed by atoms with Gasteiger partial charge in [-0.2, -0.15) is 0 Å². The third kappa shape index (κ3) is 2.90. The number of piperidine rings is 1. The lowest BCUT2D eigenvalue weighted by molar-refractivity contribution is 0.145. The standard InChI is InChI=1S/C13H22N4O/c1-13(2,3)12-15-10(14)8-11(16-12)17-6-4-9(18)5-7-17/h8-9,18H,4-7H2,1-3H3,(H2,14,15,16). The number of hydrogen-bond donors (Lipinski definition) is 2. The summed E-state index contributed by atoms with van der Waals surface area (Å²) in [4.78, 5) is 11.1. The fourth-order valence-corrected chi connectivity index (χ4v) is 2.04. The van der Waals surface area contributed by atoms with Gasteiger partial charge in [0.15, 0.2) is 0 Å². The monoisotopic (exact) mass is 250 g/mol. The second-order valence-electron chi connectivity index (χ2n) is 5.94. The smallest absolute Gasteiger partial charge is 0.138 e. The molecule has 100 valence electrons. The van der Waals surface area contributed by atoms with Gasteiger partial charge in [-0.15, -0.1) is 0 Å². The number of nitrogens with zero attached hydrogens (tertiary/aromatic N) is 3. The zero-order valence-corrected chi connectivity index (χ0v) is 11.3. The third-order valence-corrected chi connectivity index (χ3v) is 3.19. The van der Waals surface area contributed by atoms with Gasteiger partial charge >= 0.3 is 0 Å². The number of nitrogen functional groups attached to an aromatic ring is 1. The molecular formula is C13H22N4O. The highest BCUT2D eigenvalue weighted by Gasteiger charge is 2.22. The number of aliphatic hydroxyl groups excluding tert-OH is 1. The van der Waals surface area contributed by atoms with Crippen LogP contribution in [0.25, 0.3) is 0 Å². The molecule has 1 aromatic heterocycles. The molecule has 0 radical (unpaired) electrons. The van der Waals surface area contributed by atoms with E-state index in [-0.39, 0.29) is 11.5 Å². The number of aromatic nitrogens is 2. The van der Waals surface area contributed by atoms with E-state index < -0.39 is 0 Å². The van der Waals surface area contributed by atoms with E-state index in [1.54, 1.807) is 0 Å². The maximum absolute atomic E-state index is 9.53. The zero-order valence-electron chi connectivity index (χ0n) is 11.3. The van der Waals surface area contributed by atoms with Crippen molar-refractivity contribution in [1.82, 2.24) is 9.97 Å². The number of rotatable bonds is 1. The van der Waals surface area contributed by atoms with E-state index in [1.807, 2.05) is 6.07 Å². The maximum Gasteiger partial charge on any atom is 0.138 e. The predicted molar refractivity (Wildman–Crippen MR) is 72.6 cm³/mol. The van der Waals surface area contributed by atoms with Gasteiger partial charge in [0.25, 0.3) is 0 Å². The minimum atomic E-state index is -0.178. The Hall–Kier alpha value is -1.36. The molecule has 1 aromatic rings. The molecule has 5 heteroatoms. The topological polar surface area (TPSA) is 75.3 Å². The maximum atomic E-state index is 9.53. The van der Waals surface area contributed by atoms with Crippen molar-refractivity contribution < 1.29 is 5.11 Å². The molecule has 1 saturated heterocycles. The van der Waals surface area contributed by atoms with Crippen molar-refractivity contribution in [2.45, 2.75) is 45.1 Å². The van der Waals surface area contributed by atoms with Gasteiger partial charge in [-0.25, -0.2) is 9.97 Å². The third-order valence-electron chi connectivity index (χ3n) is 3.19. The molecule has 3 N–H and O–H groups in total. The fraction of sp³-hybridized carbons (Fsp3) is 0.692. The number of hydrogen-bond acceptors (Lipinski definition) is 5. The molecule has 1 aliphatic rings. The first kappa shape index (κ1) is 13.1. The summed E-state index contributed by atoms with van der Waals surface area (Å²) < 4.78 is 0. The van der Waals surface area contributed by atoms with Gasteiger partial charge in [0.2, 0.25) is 0 Å². The molecule has 2 heterocycles. The van der Waals surface area contributed by atoms with E-state index in [4.69, 9.17) is 5.73 Å². The number of aliphatic hydroxyl groups is 1. The molecular weight excluding hydrogens is 228 g/mol. The molecule has 0 spiro atoms. The Balaban J connectivity index is 2.25. The van der Waals surface area contributed by atoms with E-state index in [0.29, 0.717) is 5.82 Å². The molecule has 2 rings (SSSR count). The quantitative estimate of drug-likeness (QED) is 0.786. The van der Waals surface area contributed by atoms with Crippen LogP contribution in [0.2, 0.25) is 0 Å². The van der Waals surface area contributed by atoms with Crippen LogP contribution < -0.4 is 10.6 Å². The lowest BCUT2D eigenvalue weighted by Gasteiger charge is -2.31. The summed E-state index contributed by atoms with van der Waals surface area (Å²) in [6, 6.07) is 1.81. The first-order valence-corrected chi connectivity index (χ1v) is 6.44. The molecule has 1 aliphatic heterocycles. The van der Waals surface area contributed by atoms with Crippen molar-refractivity contribution in [3.63, 3.8) is 0 Å². The summed E-state index contributed by atoms with van der Waals surface area (Å²) in [5.74, 6) is 2.15. The van der Waals surface area contributed by atoms with Gasteiger partial charge in [0.1, 0.15) is 17.5 Å². The summed E-state index contributed by atoms with van der Waals surface area (Å²) in [7, 11) is 0. The van der Waals surface area contributed by atoms with Gasteiger partial charge in [0.05, 0.1) is 6.10 Å². The van der Waals surface area contributed by atoms with Gasteiger partial charge in [-0.1, -0.05) is 20.8 Å². The zero-order chi connectivity index (χ0) is 13.3. The van der Waals surface area contributed by atoms with Crippen LogP contribution in [-0.4, -0.2) is 34.3 Å². The molecule has 5 nitrogen and oxygen atoms in total. The SMILES string of the molecule is CC(C)(C)c1nc(N)cc(N2CCC(O)CC2)n1. The summed E-state index contributed by atoms with van der Waals surface area (Å²) in [5.41, 5.74) is 5.75. The second kappa shape index (κ2) is 4.72. The average molecular weight is 250 g/mol. The minimum Gasteiger partial charge on any atom is -0.393 e. The van der Waals surface area contributed by atoms with Crippen molar-refractivity contribution in [3.8, 4) is 0 Å². The van der Waals surface area contributed by atoms with E-state index >= 15 is 0 Å². The van der Waals surface area contributed by atoms with E-state index in [9.17, 15) is 5.11 Å². The first-order valence-electron chi connectivity index (χ1n) is 6.44. The predicted octanol–water partition coefficient (Wildman–Crippen LogP) is 1.32. The van der Waals surface area contributed by atoms with Crippen LogP contribution in [0.4, 0.5) is 11.6 Å². The molecule has 0 saturated carbocycles. The molecule has 18 heavy (non-hydrogen) atoms. The van der Waals surface area contributed by atoms with Crippen molar-refractivity contribution >= 4 is 11.6 Å². The molecule has 0 aromatic carbocycles. The molecule has 0 bridgehead atoms. The Kier molecular flexibility index (Phi) is 3.43. The Morgan fingerprint density at radius 1 is 1.28 bits per heavy atom. The van der Waals surface area contributed by atoms with Crippen LogP contribution in [0.5, 0.6) is 0 Å². The summed E-state index contributed by atoms with van der Waals surface area (Å²) in [5, 5.41) is 9.53. The summed E-state index contributed by atoms with van der Waals surface area (Å²) in [6.07, 6.45) is 1.39. The second-order valence-corrected chi connectivity index (χ2v) is 5.94. The van der Waals surface area contributed by atoms with Crippen molar-refractivity contribution in [1.29, 1.82) is 0 Å². The van der Waals surface area contributed by atoms with Crippen molar-refractivity contribution in [3.05, 3.63) is 11.9 Å².